The molecule has 3 rings (SSSR count). The van der Waals surface area contributed by atoms with E-state index in [0.29, 0.717) is 11.8 Å². The van der Waals surface area contributed by atoms with Crippen LogP contribution in [0, 0.1) is 11.8 Å². The zero-order chi connectivity index (χ0) is 12.6. The number of hydrogen-bond acceptors (Lipinski definition) is 2. The molecule has 1 N–H and O–H groups in total. The third-order valence-corrected chi connectivity index (χ3v) is 4.70. The maximum Gasteiger partial charge on any atom is 0.0903 e. The Morgan fingerprint density at radius 1 is 1.17 bits per heavy atom. The number of hydrogen-bond donors (Lipinski definition) is 1. The number of nitrogens with zero attached hydrogens (tertiary/aromatic N) is 1. The summed E-state index contributed by atoms with van der Waals surface area (Å²) in [5, 5.41) is 10.9. The second-order valence-electron chi connectivity index (χ2n) is 6.09. The lowest BCUT2D eigenvalue weighted by atomic mass is 9.90. The summed E-state index contributed by atoms with van der Waals surface area (Å²) in [4.78, 5) is 2.57. The third kappa shape index (κ3) is 2.08. The van der Waals surface area contributed by atoms with Crippen molar-refractivity contribution in [2.24, 2.45) is 11.8 Å². The van der Waals surface area contributed by atoms with E-state index in [9.17, 15) is 5.11 Å². The lowest BCUT2D eigenvalue weighted by Gasteiger charge is -2.26. The summed E-state index contributed by atoms with van der Waals surface area (Å²) in [7, 11) is 0. The molecule has 1 saturated carbocycles. The molecule has 3 atom stereocenters. The predicted molar refractivity (Wildman–Crippen MR) is 73.3 cm³/mol. The van der Waals surface area contributed by atoms with E-state index in [1.54, 1.807) is 0 Å². The van der Waals surface area contributed by atoms with Crippen molar-refractivity contribution in [2.45, 2.75) is 31.8 Å². The average molecular weight is 245 g/mol. The quantitative estimate of drug-likeness (QED) is 0.885. The van der Waals surface area contributed by atoms with E-state index in [2.05, 4.69) is 24.0 Å². The number of fused-ring (bicyclic) bond motifs is 1. The number of likely N-dealkylation sites (tertiary alicyclic amines) is 1. The van der Waals surface area contributed by atoms with Crippen LogP contribution >= 0.6 is 0 Å². The molecule has 0 radical (unpaired) electrons. The van der Waals surface area contributed by atoms with Gasteiger partial charge in [0.25, 0.3) is 0 Å². The topological polar surface area (TPSA) is 23.5 Å². The van der Waals surface area contributed by atoms with E-state index < -0.39 is 5.60 Å². The summed E-state index contributed by atoms with van der Waals surface area (Å²) < 4.78 is 0. The van der Waals surface area contributed by atoms with E-state index in [-0.39, 0.29) is 0 Å². The molecule has 0 unspecified atom stereocenters. The van der Waals surface area contributed by atoms with Gasteiger partial charge in [-0.3, -0.25) is 0 Å². The van der Waals surface area contributed by atoms with Crippen LogP contribution in [0.15, 0.2) is 30.3 Å². The highest BCUT2D eigenvalue weighted by Crippen LogP contribution is 2.48. The van der Waals surface area contributed by atoms with E-state index in [4.69, 9.17) is 0 Å². The van der Waals surface area contributed by atoms with Crippen LogP contribution in [0.3, 0.4) is 0 Å². The van der Waals surface area contributed by atoms with E-state index in [1.165, 1.54) is 26.1 Å². The molecule has 2 heteroatoms. The first kappa shape index (κ1) is 12.2. The fourth-order valence-electron chi connectivity index (χ4n) is 3.93. The van der Waals surface area contributed by atoms with Crippen LogP contribution in [0.2, 0.25) is 0 Å². The van der Waals surface area contributed by atoms with Gasteiger partial charge in [-0.2, -0.15) is 0 Å². The monoisotopic (exact) mass is 245 g/mol. The van der Waals surface area contributed by atoms with Gasteiger partial charge in [0.15, 0.2) is 0 Å². The van der Waals surface area contributed by atoms with Gasteiger partial charge < -0.3 is 10.0 Å². The van der Waals surface area contributed by atoms with Crippen LogP contribution in [0.4, 0.5) is 0 Å². The Kier molecular flexibility index (Phi) is 3.16. The molecule has 2 fully saturated rings. The van der Waals surface area contributed by atoms with E-state index in [1.807, 2.05) is 18.2 Å². The Morgan fingerprint density at radius 2 is 1.78 bits per heavy atom. The molecule has 2 aliphatic rings. The summed E-state index contributed by atoms with van der Waals surface area (Å²) in [5.74, 6) is 1.39. The maximum absolute atomic E-state index is 10.9. The molecular formula is C16H23NO. The first-order valence-electron chi connectivity index (χ1n) is 7.21. The fourth-order valence-corrected chi connectivity index (χ4v) is 3.93. The van der Waals surface area contributed by atoms with Gasteiger partial charge in [-0.1, -0.05) is 37.3 Å². The molecule has 1 heterocycles. The van der Waals surface area contributed by atoms with Gasteiger partial charge in [0.2, 0.25) is 0 Å². The molecule has 1 aromatic rings. The highest BCUT2D eigenvalue weighted by molar-refractivity contribution is 5.24. The van der Waals surface area contributed by atoms with Crippen LogP contribution in [0.1, 0.15) is 31.7 Å². The summed E-state index contributed by atoms with van der Waals surface area (Å²) in [6, 6.07) is 10.2. The zero-order valence-corrected chi connectivity index (χ0v) is 11.2. The SMILES string of the molecule is CCCN1C[C@@H]2C[C@@](O)(c3ccccc3)C[C@@H]2C1. The molecule has 1 aromatic carbocycles. The van der Waals surface area contributed by atoms with E-state index >= 15 is 0 Å². The molecule has 0 spiro atoms. The molecule has 98 valence electrons. The van der Waals surface area contributed by atoms with Crippen molar-refractivity contribution in [3.8, 4) is 0 Å². The Bertz CT molecular complexity index is 389. The van der Waals surface area contributed by atoms with Gasteiger partial charge in [-0.25, -0.2) is 0 Å². The fraction of sp³-hybridized carbons (Fsp3) is 0.625. The van der Waals surface area contributed by atoms with Crippen molar-refractivity contribution in [1.82, 2.24) is 4.90 Å². The van der Waals surface area contributed by atoms with Crippen molar-refractivity contribution >= 4 is 0 Å². The van der Waals surface area contributed by atoms with Gasteiger partial charge >= 0.3 is 0 Å². The molecule has 2 nitrogen and oxygen atoms in total. The average Bonchev–Trinajstić information content (AvgIpc) is 2.86. The van der Waals surface area contributed by atoms with Crippen molar-refractivity contribution < 1.29 is 5.11 Å². The lowest BCUT2D eigenvalue weighted by molar-refractivity contribution is 0.0314. The smallest absolute Gasteiger partial charge is 0.0903 e. The van der Waals surface area contributed by atoms with Crippen molar-refractivity contribution in [1.29, 1.82) is 0 Å². The van der Waals surface area contributed by atoms with E-state index in [0.717, 1.165) is 18.4 Å². The minimum absolute atomic E-state index is 0.561. The van der Waals surface area contributed by atoms with Crippen molar-refractivity contribution in [3.05, 3.63) is 35.9 Å². The van der Waals surface area contributed by atoms with Crippen LogP contribution in [-0.4, -0.2) is 29.6 Å². The number of rotatable bonds is 3. The van der Waals surface area contributed by atoms with Gasteiger partial charge in [-0.15, -0.1) is 0 Å². The molecule has 0 amide bonds. The van der Waals surface area contributed by atoms with Gasteiger partial charge in [-0.05, 0) is 43.2 Å². The van der Waals surface area contributed by atoms with Crippen LogP contribution in [0.25, 0.3) is 0 Å². The predicted octanol–water partition coefficient (Wildman–Crippen LogP) is 2.63. The van der Waals surface area contributed by atoms with Crippen molar-refractivity contribution in [2.75, 3.05) is 19.6 Å². The first-order valence-corrected chi connectivity index (χ1v) is 7.21. The van der Waals surface area contributed by atoms with Crippen molar-refractivity contribution in [3.63, 3.8) is 0 Å². The first-order chi connectivity index (χ1) is 8.71. The molecule has 1 saturated heterocycles. The second-order valence-corrected chi connectivity index (χ2v) is 6.09. The Labute approximate surface area is 110 Å². The summed E-state index contributed by atoms with van der Waals surface area (Å²) in [6.07, 6.45) is 3.13. The minimum atomic E-state index is -0.561. The lowest BCUT2D eigenvalue weighted by Crippen LogP contribution is -2.28. The van der Waals surface area contributed by atoms with Crippen LogP contribution in [0.5, 0.6) is 0 Å². The van der Waals surface area contributed by atoms with Gasteiger partial charge in [0.1, 0.15) is 0 Å². The minimum Gasteiger partial charge on any atom is -0.385 e. The zero-order valence-electron chi connectivity index (χ0n) is 11.2. The molecule has 0 aromatic heterocycles. The highest BCUT2D eigenvalue weighted by atomic mass is 16.3. The summed E-state index contributed by atoms with van der Waals surface area (Å²) in [5.41, 5.74) is 0.552. The molecule has 1 aliphatic heterocycles. The van der Waals surface area contributed by atoms with Crippen LogP contribution in [-0.2, 0) is 5.60 Å². The Hall–Kier alpha value is -0.860. The van der Waals surface area contributed by atoms with Crippen LogP contribution < -0.4 is 0 Å². The van der Waals surface area contributed by atoms with Gasteiger partial charge in [0, 0.05) is 13.1 Å². The Morgan fingerprint density at radius 3 is 2.33 bits per heavy atom. The van der Waals surface area contributed by atoms with Gasteiger partial charge in [0.05, 0.1) is 5.60 Å². The summed E-state index contributed by atoms with van der Waals surface area (Å²) in [6.45, 7) is 5.84. The number of benzene rings is 1. The third-order valence-electron chi connectivity index (χ3n) is 4.70. The molecule has 1 aliphatic carbocycles. The number of aliphatic hydroxyl groups is 1. The summed E-state index contributed by atoms with van der Waals surface area (Å²) >= 11 is 0. The normalized spacial score (nSPS) is 35.9. The Balaban J connectivity index is 1.71. The maximum atomic E-state index is 10.9. The molecule has 0 bridgehead atoms. The second kappa shape index (κ2) is 4.67. The molecular weight excluding hydrogens is 222 g/mol. The molecule has 18 heavy (non-hydrogen) atoms. The largest absolute Gasteiger partial charge is 0.385 e. The highest BCUT2D eigenvalue weighted by Gasteiger charge is 2.48. The standard InChI is InChI=1S/C16H23NO/c1-2-8-17-11-13-9-16(18,10-14(13)12-17)15-6-4-3-5-7-15/h3-7,13-14,18H,2,8-12H2,1H3/t13-,14+,16-.